The van der Waals surface area contributed by atoms with Crippen LogP contribution in [0.2, 0.25) is 0 Å². The molecule has 1 aromatic carbocycles. The summed E-state index contributed by atoms with van der Waals surface area (Å²) in [6, 6.07) is 14.3. The first-order valence-electron chi connectivity index (χ1n) is 8.54. The molecule has 2 heterocycles. The van der Waals surface area contributed by atoms with Gasteiger partial charge < -0.3 is 10.2 Å². The Hall–Kier alpha value is -2.95. The van der Waals surface area contributed by atoms with E-state index in [9.17, 15) is 0 Å². The van der Waals surface area contributed by atoms with Gasteiger partial charge in [-0.1, -0.05) is 25.1 Å². The number of nitrogens with one attached hydrogen (secondary N) is 1. The average molecular weight is 333 g/mol. The molecule has 0 unspecified atom stereocenters. The van der Waals surface area contributed by atoms with Crippen LogP contribution in [-0.4, -0.2) is 28.5 Å². The summed E-state index contributed by atoms with van der Waals surface area (Å²) in [5.74, 6) is 1.52. The highest BCUT2D eigenvalue weighted by Crippen LogP contribution is 2.20. The van der Waals surface area contributed by atoms with Gasteiger partial charge >= 0.3 is 0 Å². The lowest BCUT2D eigenvalue weighted by Gasteiger charge is -2.19. The van der Waals surface area contributed by atoms with Gasteiger partial charge in [-0.15, -0.1) is 0 Å². The van der Waals surface area contributed by atoms with Crippen molar-refractivity contribution in [3.63, 3.8) is 0 Å². The number of para-hydroxylation sites is 1. The largest absolute Gasteiger partial charge is 0.359 e. The molecule has 1 N–H and O–H groups in total. The maximum atomic E-state index is 4.65. The zero-order chi connectivity index (χ0) is 17.5. The molecule has 3 rings (SSSR count). The highest BCUT2D eigenvalue weighted by molar-refractivity contribution is 5.59. The van der Waals surface area contributed by atoms with Gasteiger partial charge in [0.1, 0.15) is 5.82 Å². The van der Waals surface area contributed by atoms with E-state index in [4.69, 9.17) is 0 Å². The summed E-state index contributed by atoms with van der Waals surface area (Å²) in [6.45, 7) is 3.02. The van der Waals surface area contributed by atoms with Gasteiger partial charge in [-0.3, -0.25) is 4.98 Å². The van der Waals surface area contributed by atoms with Crippen LogP contribution in [0.4, 0.5) is 17.5 Å². The Morgan fingerprint density at radius 2 is 1.80 bits per heavy atom. The maximum absolute atomic E-state index is 4.65. The van der Waals surface area contributed by atoms with Gasteiger partial charge in [0, 0.05) is 37.9 Å². The monoisotopic (exact) mass is 333 g/mol. The number of rotatable bonds is 7. The predicted molar refractivity (Wildman–Crippen MR) is 102 cm³/mol. The lowest BCUT2D eigenvalue weighted by molar-refractivity contribution is 0.855. The minimum atomic E-state index is 0.620. The Labute approximate surface area is 148 Å². The van der Waals surface area contributed by atoms with E-state index in [0.717, 1.165) is 30.9 Å². The summed E-state index contributed by atoms with van der Waals surface area (Å²) in [4.78, 5) is 15.2. The first-order valence-corrected chi connectivity index (χ1v) is 8.54. The summed E-state index contributed by atoms with van der Waals surface area (Å²) in [6.07, 6.45) is 7.36. The van der Waals surface area contributed by atoms with E-state index in [0.29, 0.717) is 5.95 Å². The van der Waals surface area contributed by atoms with Crippen LogP contribution in [-0.2, 0) is 12.8 Å². The molecular formula is C20H23N5. The third-order valence-electron chi connectivity index (χ3n) is 4.16. The number of nitrogens with zero attached hydrogens (tertiary/aromatic N) is 4. The highest BCUT2D eigenvalue weighted by Gasteiger charge is 2.07. The van der Waals surface area contributed by atoms with Crippen molar-refractivity contribution in [1.82, 2.24) is 15.0 Å². The maximum Gasteiger partial charge on any atom is 0.229 e. The number of aryl methyl sites for hydroxylation is 1. The van der Waals surface area contributed by atoms with Gasteiger partial charge in [-0.25, -0.2) is 4.98 Å². The Bertz CT molecular complexity index is 804. The minimum absolute atomic E-state index is 0.620. The van der Waals surface area contributed by atoms with Crippen LogP contribution in [0.1, 0.15) is 18.1 Å². The van der Waals surface area contributed by atoms with Crippen LogP contribution in [0.5, 0.6) is 0 Å². The second-order valence-electron chi connectivity index (χ2n) is 5.90. The van der Waals surface area contributed by atoms with Gasteiger partial charge in [-0.2, -0.15) is 4.98 Å². The Kier molecular flexibility index (Phi) is 5.57. The van der Waals surface area contributed by atoms with Gasteiger partial charge in [0.2, 0.25) is 5.95 Å². The molecule has 0 atom stereocenters. The molecule has 128 valence electrons. The second-order valence-corrected chi connectivity index (χ2v) is 5.90. The van der Waals surface area contributed by atoms with Crippen molar-refractivity contribution in [1.29, 1.82) is 0 Å². The van der Waals surface area contributed by atoms with Crippen LogP contribution in [0, 0.1) is 0 Å². The van der Waals surface area contributed by atoms with E-state index in [-0.39, 0.29) is 0 Å². The number of hydrogen-bond acceptors (Lipinski definition) is 5. The standard InChI is InChI=1S/C20H23N5/c1-3-17-6-4-5-7-18(17)23-20-22-14-10-19(24-20)25(2)15-11-16-8-12-21-13-9-16/h4-10,12-14H,3,11,15H2,1-2H3,(H,22,23,24). The van der Waals surface area contributed by atoms with E-state index >= 15 is 0 Å². The summed E-state index contributed by atoms with van der Waals surface area (Å²) < 4.78 is 0. The molecule has 0 radical (unpaired) electrons. The summed E-state index contributed by atoms with van der Waals surface area (Å²) in [7, 11) is 2.05. The fraction of sp³-hybridized carbons (Fsp3) is 0.250. The number of aromatic nitrogens is 3. The van der Waals surface area contributed by atoms with Crippen LogP contribution in [0.3, 0.4) is 0 Å². The summed E-state index contributed by atoms with van der Waals surface area (Å²) in [5, 5.41) is 3.34. The van der Waals surface area contributed by atoms with E-state index in [1.165, 1.54) is 11.1 Å². The van der Waals surface area contributed by atoms with Crippen molar-refractivity contribution in [3.05, 3.63) is 72.2 Å². The van der Waals surface area contributed by atoms with Crippen molar-refractivity contribution >= 4 is 17.5 Å². The molecule has 3 aromatic rings. The van der Waals surface area contributed by atoms with Crippen molar-refractivity contribution < 1.29 is 0 Å². The van der Waals surface area contributed by atoms with Crippen LogP contribution in [0.15, 0.2) is 61.1 Å². The van der Waals surface area contributed by atoms with Gasteiger partial charge in [0.25, 0.3) is 0 Å². The second kappa shape index (κ2) is 8.24. The lowest BCUT2D eigenvalue weighted by atomic mass is 10.1. The quantitative estimate of drug-likeness (QED) is 0.711. The molecular weight excluding hydrogens is 310 g/mol. The predicted octanol–water partition coefficient (Wildman–Crippen LogP) is 3.86. The average Bonchev–Trinajstić information content (AvgIpc) is 2.67. The molecule has 2 aromatic heterocycles. The summed E-state index contributed by atoms with van der Waals surface area (Å²) >= 11 is 0. The zero-order valence-corrected chi connectivity index (χ0v) is 14.7. The number of benzene rings is 1. The molecule has 0 aliphatic heterocycles. The van der Waals surface area contributed by atoms with Crippen molar-refractivity contribution in [2.75, 3.05) is 23.8 Å². The Morgan fingerprint density at radius 1 is 1.00 bits per heavy atom. The van der Waals surface area contributed by atoms with Gasteiger partial charge in [0.05, 0.1) is 0 Å². The molecule has 0 amide bonds. The van der Waals surface area contributed by atoms with E-state index in [1.807, 2.05) is 49.8 Å². The van der Waals surface area contributed by atoms with Crippen molar-refractivity contribution in [2.45, 2.75) is 19.8 Å². The number of hydrogen-bond donors (Lipinski definition) is 1. The van der Waals surface area contributed by atoms with E-state index < -0.39 is 0 Å². The lowest BCUT2D eigenvalue weighted by Crippen LogP contribution is -2.21. The highest BCUT2D eigenvalue weighted by atomic mass is 15.2. The van der Waals surface area contributed by atoms with Crippen molar-refractivity contribution in [3.8, 4) is 0 Å². The smallest absolute Gasteiger partial charge is 0.229 e. The molecule has 0 aliphatic rings. The molecule has 25 heavy (non-hydrogen) atoms. The third-order valence-corrected chi connectivity index (χ3v) is 4.16. The number of likely N-dealkylation sites (N-methyl/N-ethyl adjacent to an activating group) is 1. The molecule has 0 bridgehead atoms. The van der Waals surface area contributed by atoms with Gasteiger partial charge in [-0.05, 0) is 48.2 Å². The fourth-order valence-electron chi connectivity index (χ4n) is 2.65. The zero-order valence-electron chi connectivity index (χ0n) is 14.7. The molecule has 0 fully saturated rings. The molecule has 0 saturated heterocycles. The van der Waals surface area contributed by atoms with Crippen molar-refractivity contribution in [2.24, 2.45) is 0 Å². The minimum Gasteiger partial charge on any atom is -0.359 e. The molecule has 5 heteroatoms. The molecule has 0 saturated carbocycles. The fourth-order valence-corrected chi connectivity index (χ4v) is 2.65. The Morgan fingerprint density at radius 3 is 2.60 bits per heavy atom. The van der Waals surface area contributed by atoms with Crippen LogP contribution < -0.4 is 10.2 Å². The third kappa shape index (κ3) is 4.53. The first-order chi connectivity index (χ1) is 12.3. The SMILES string of the molecule is CCc1ccccc1Nc1nccc(N(C)CCc2ccncc2)n1. The molecule has 5 nitrogen and oxygen atoms in total. The number of anilines is 3. The first kappa shape index (κ1) is 16.9. The van der Waals surface area contributed by atoms with Gasteiger partial charge in [0.15, 0.2) is 0 Å². The van der Waals surface area contributed by atoms with E-state index in [1.54, 1.807) is 6.20 Å². The van der Waals surface area contributed by atoms with Crippen LogP contribution >= 0.6 is 0 Å². The molecule has 0 aliphatic carbocycles. The Balaban J connectivity index is 1.68. The summed E-state index contributed by atoms with van der Waals surface area (Å²) in [5.41, 5.74) is 3.58. The number of pyridine rings is 1. The topological polar surface area (TPSA) is 53.9 Å². The van der Waals surface area contributed by atoms with Crippen LogP contribution in [0.25, 0.3) is 0 Å². The van der Waals surface area contributed by atoms with E-state index in [2.05, 4.69) is 44.2 Å². The normalized spacial score (nSPS) is 10.5. The molecule has 0 spiro atoms.